The summed E-state index contributed by atoms with van der Waals surface area (Å²) in [5.41, 5.74) is 1.09. The van der Waals surface area contributed by atoms with Gasteiger partial charge in [-0.05, 0) is 58.1 Å². The number of halogens is 3. The molecule has 2 heterocycles. The van der Waals surface area contributed by atoms with E-state index in [1.165, 1.54) is 4.90 Å². The highest BCUT2D eigenvalue weighted by atomic mass is 35.5. The number of nitrogens with one attached hydrogen (secondary N) is 1. The van der Waals surface area contributed by atoms with Gasteiger partial charge in [-0.15, -0.1) is 0 Å². The number of carbonyl (C=O) groups excluding carboxylic acids is 2. The quantitative estimate of drug-likeness (QED) is 0.717. The van der Waals surface area contributed by atoms with Crippen molar-refractivity contribution in [2.24, 2.45) is 5.41 Å². The molecule has 1 saturated carbocycles. The van der Waals surface area contributed by atoms with E-state index in [-0.39, 0.29) is 34.4 Å². The van der Waals surface area contributed by atoms with Gasteiger partial charge in [-0.25, -0.2) is 18.7 Å². The zero-order valence-corrected chi connectivity index (χ0v) is 18.1. The Bertz CT molecular complexity index is 1030. The van der Waals surface area contributed by atoms with Crippen LogP contribution in [0.25, 0.3) is 0 Å². The molecular weight excluding hydrogens is 426 g/mol. The lowest BCUT2D eigenvalue weighted by atomic mass is 9.71. The molecule has 1 spiro atoms. The number of hydrogen-bond acceptors (Lipinski definition) is 4. The van der Waals surface area contributed by atoms with Gasteiger partial charge in [-0.1, -0.05) is 11.6 Å². The SMILES string of the molecule is Cc1cc(C)nc(C(=O)N[C@H]2CC[C@@]3(CCN(c4cc(F)c(F)cc4Cl)C3=O)CC2)n1. The Hall–Kier alpha value is -2.61. The highest BCUT2D eigenvalue weighted by molar-refractivity contribution is 6.34. The highest BCUT2D eigenvalue weighted by Gasteiger charge is 2.49. The van der Waals surface area contributed by atoms with Crippen LogP contribution in [0.5, 0.6) is 0 Å². The first-order valence-electron chi connectivity index (χ1n) is 10.3. The van der Waals surface area contributed by atoms with Crippen molar-refractivity contribution in [3.8, 4) is 0 Å². The van der Waals surface area contributed by atoms with E-state index in [2.05, 4.69) is 15.3 Å². The molecular formula is C22H23ClF2N4O2. The molecule has 1 aromatic heterocycles. The number of aromatic nitrogens is 2. The van der Waals surface area contributed by atoms with Crippen LogP contribution in [-0.4, -0.2) is 34.4 Å². The largest absolute Gasteiger partial charge is 0.347 e. The molecule has 164 valence electrons. The second-order valence-corrected chi connectivity index (χ2v) is 8.83. The van der Waals surface area contributed by atoms with Crippen molar-refractivity contribution in [3.63, 3.8) is 0 Å². The molecule has 1 N–H and O–H groups in total. The van der Waals surface area contributed by atoms with Crippen LogP contribution in [0.4, 0.5) is 14.5 Å². The predicted molar refractivity (Wildman–Crippen MR) is 112 cm³/mol. The number of rotatable bonds is 3. The molecule has 0 radical (unpaired) electrons. The third kappa shape index (κ3) is 4.13. The smallest absolute Gasteiger partial charge is 0.289 e. The molecule has 1 aliphatic heterocycles. The van der Waals surface area contributed by atoms with Crippen LogP contribution in [-0.2, 0) is 4.79 Å². The molecule has 1 aliphatic carbocycles. The van der Waals surface area contributed by atoms with Crippen molar-refractivity contribution in [2.75, 3.05) is 11.4 Å². The first-order chi connectivity index (χ1) is 14.7. The van der Waals surface area contributed by atoms with E-state index in [0.717, 1.165) is 23.5 Å². The molecule has 4 rings (SSSR count). The summed E-state index contributed by atoms with van der Waals surface area (Å²) < 4.78 is 27.1. The number of anilines is 1. The third-order valence-corrected chi connectivity index (χ3v) is 6.56. The van der Waals surface area contributed by atoms with Gasteiger partial charge >= 0.3 is 0 Å². The highest BCUT2D eigenvalue weighted by Crippen LogP contribution is 2.47. The van der Waals surface area contributed by atoms with Crippen molar-refractivity contribution < 1.29 is 18.4 Å². The van der Waals surface area contributed by atoms with Crippen LogP contribution in [0.2, 0.25) is 5.02 Å². The third-order valence-electron chi connectivity index (χ3n) is 6.26. The average Bonchev–Trinajstić information content (AvgIpc) is 3.02. The molecule has 31 heavy (non-hydrogen) atoms. The minimum atomic E-state index is -1.04. The lowest BCUT2D eigenvalue weighted by molar-refractivity contribution is -0.127. The maximum atomic E-state index is 13.7. The molecule has 2 aromatic rings. The molecule has 0 unspecified atom stereocenters. The molecule has 9 heteroatoms. The number of hydrogen-bond donors (Lipinski definition) is 1. The maximum absolute atomic E-state index is 13.7. The molecule has 0 atom stereocenters. The molecule has 2 fully saturated rings. The Morgan fingerprint density at radius 1 is 1.10 bits per heavy atom. The average molecular weight is 449 g/mol. The van der Waals surface area contributed by atoms with Gasteiger partial charge in [0.05, 0.1) is 16.1 Å². The minimum Gasteiger partial charge on any atom is -0.347 e. The minimum absolute atomic E-state index is 0.0127. The van der Waals surface area contributed by atoms with Crippen LogP contribution in [0.1, 0.15) is 54.1 Å². The standard InChI is InChI=1S/C22H23ClF2N4O2/c1-12-9-13(2)27-19(26-12)20(30)28-14-3-5-22(6-4-14)7-8-29(21(22)31)18-11-17(25)16(24)10-15(18)23/h9-11,14H,3-8H2,1-2H3,(H,28,30)/t14-,22-. The van der Waals surface area contributed by atoms with Crippen LogP contribution in [0.15, 0.2) is 18.2 Å². The topological polar surface area (TPSA) is 75.2 Å². The Morgan fingerprint density at radius 3 is 2.35 bits per heavy atom. The molecule has 1 aromatic carbocycles. The second kappa shape index (κ2) is 8.15. The fraction of sp³-hybridized carbons (Fsp3) is 0.455. The summed E-state index contributed by atoms with van der Waals surface area (Å²) in [6, 6.07) is 3.60. The van der Waals surface area contributed by atoms with E-state index in [9.17, 15) is 18.4 Å². The monoisotopic (exact) mass is 448 g/mol. The Balaban J connectivity index is 1.42. The lowest BCUT2D eigenvalue weighted by Gasteiger charge is -2.36. The first kappa shape index (κ1) is 21.6. The number of nitrogens with zero attached hydrogens (tertiary/aromatic N) is 3. The molecule has 1 saturated heterocycles. The summed E-state index contributed by atoms with van der Waals surface area (Å²) in [6.07, 6.45) is 3.09. The van der Waals surface area contributed by atoms with Gasteiger partial charge < -0.3 is 10.2 Å². The van der Waals surface area contributed by atoms with Gasteiger partial charge in [-0.2, -0.15) is 0 Å². The van der Waals surface area contributed by atoms with E-state index in [1.54, 1.807) is 6.07 Å². The summed E-state index contributed by atoms with van der Waals surface area (Å²) in [6.45, 7) is 4.02. The Morgan fingerprint density at radius 2 is 1.71 bits per heavy atom. The van der Waals surface area contributed by atoms with Gasteiger partial charge in [-0.3, -0.25) is 9.59 Å². The fourth-order valence-electron chi connectivity index (χ4n) is 4.63. The molecule has 2 aliphatic rings. The van der Waals surface area contributed by atoms with Crippen molar-refractivity contribution in [2.45, 2.75) is 52.0 Å². The summed E-state index contributed by atoms with van der Waals surface area (Å²) >= 11 is 6.08. The van der Waals surface area contributed by atoms with E-state index in [1.807, 2.05) is 13.8 Å². The number of aryl methyl sites for hydroxylation is 2. The molecule has 6 nitrogen and oxygen atoms in total. The predicted octanol–water partition coefficient (Wildman–Crippen LogP) is 4.12. The Kier molecular flexibility index (Phi) is 5.68. The fourth-order valence-corrected chi connectivity index (χ4v) is 4.88. The van der Waals surface area contributed by atoms with Crippen LogP contribution in [0, 0.1) is 30.9 Å². The summed E-state index contributed by atoms with van der Waals surface area (Å²) in [7, 11) is 0. The second-order valence-electron chi connectivity index (χ2n) is 8.43. The molecule has 0 bridgehead atoms. The Labute approximate surface area is 184 Å². The summed E-state index contributed by atoms with van der Waals surface area (Å²) in [5.74, 6) is -2.37. The van der Waals surface area contributed by atoms with E-state index in [0.29, 0.717) is 38.6 Å². The first-order valence-corrected chi connectivity index (χ1v) is 10.7. The van der Waals surface area contributed by atoms with Crippen LogP contribution in [0.3, 0.4) is 0 Å². The van der Waals surface area contributed by atoms with E-state index in [4.69, 9.17) is 11.6 Å². The van der Waals surface area contributed by atoms with Crippen molar-refractivity contribution in [1.82, 2.24) is 15.3 Å². The maximum Gasteiger partial charge on any atom is 0.289 e. The van der Waals surface area contributed by atoms with Crippen LogP contribution < -0.4 is 10.2 Å². The van der Waals surface area contributed by atoms with Gasteiger partial charge in [0.25, 0.3) is 5.91 Å². The summed E-state index contributed by atoms with van der Waals surface area (Å²) in [4.78, 5) is 35.6. The van der Waals surface area contributed by atoms with Crippen molar-refractivity contribution in [3.05, 3.63) is 52.1 Å². The number of carbonyl (C=O) groups is 2. The van der Waals surface area contributed by atoms with E-state index < -0.39 is 17.0 Å². The van der Waals surface area contributed by atoms with Gasteiger partial charge in [0, 0.05) is 30.0 Å². The lowest BCUT2D eigenvalue weighted by Crippen LogP contribution is -2.44. The van der Waals surface area contributed by atoms with Crippen molar-refractivity contribution >= 4 is 29.1 Å². The normalized spacial score (nSPS) is 23.5. The zero-order chi connectivity index (χ0) is 22.3. The summed E-state index contributed by atoms with van der Waals surface area (Å²) in [5, 5.41) is 2.99. The molecule has 2 amide bonds. The zero-order valence-electron chi connectivity index (χ0n) is 17.3. The number of amides is 2. The van der Waals surface area contributed by atoms with Crippen LogP contribution >= 0.6 is 11.6 Å². The number of benzene rings is 1. The van der Waals surface area contributed by atoms with E-state index >= 15 is 0 Å². The van der Waals surface area contributed by atoms with Gasteiger partial charge in [0.2, 0.25) is 11.7 Å². The van der Waals surface area contributed by atoms with Gasteiger partial charge in [0.15, 0.2) is 11.6 Å². The van der Waals surface area contributed by atoms with Gasteiger partial charge in [0.1, 0.15) is 0 Å². The van der Waals surface area contributed by atoms with Crippen molar-refractivity contribution in [1.29, 1.82) is 0 Å².